The van der Waals surface area contributed by atoms with E-state index in [-0.39, 0.29) is 0 Å². The Morgan fingerprint density at radius 3 is 2.09 bits per heavy atom. The number of hydrogen-bond donors (Lipinski definition) is 0. The summed E-state index contributed by atoms with van der Waals surface area (Å²) in [7, 11) is 4.20. The summed E-state index contributed by atoms with van der Waals surface area (Å²) in [5.74, 6) is 0. The molecule has 0 radical (unpaired) electrons. The maximum Gasteiger partial charge on any atom is 0.000981 e. The predicted octanol–water partition coefficient (Wildman–Crippen LogP) is 2.54. The van der Waals surface area contributed by atoms with Crippen LogP contribution in [0, 0.1) is 5.41 Å². The van der Waals surface area contributed by atoms with Crippen molar-refractivity contribution in [3.05, 3.63) is 12.2 Å². The van der Waals surface area contributed by atoms with E-state index < -0.39 is 0 Å². The zero-order chi connectivity index (χ0) is 8.91. The van der Waals surface area contributed by atoms with Gasteiger partial charge in [0.2, 0.25) is 0 Å². The van der Waals surface area contributed by atoms with Gasteiger partial charge in [-0.05, 0) is 25.9 Å². The molecule has 1 heteroatoms. The van der Waals surface area contributed by atoms with E-state index in [9.17, 15) is 0 Å². The summed E-state index contributed by atoms with van der Waals surface area (Å²) in [6.45, 7) is 7.81. The number of rotatable bonds is 3. The number of hydrogen-bond acceptors (Lipinski definition) is 1. The quantitative estimate of drug-likeness (QED) is 0.566. The molecule has 0 unspecified atom stereocenters. The van der Waals surface area contributed by atoms with Crippen molar-refractivity contribution in [2.24, 2.45) is 5.41 Å². The molecule has 0 fully saturated rings. The van der Waals surface area contributed by atoms with Gasteiger partial charge in [0.15, 0.2) is 0 Å². The second kappa shape index (κ2) is 4.55. The molecule has 0 aliphatic heterocycles. The van der Waals surface area contributed by atoms with Gasteiger partial charge in [0.1, 0.15) is 0 Å². The lowest BCUT2D eigenvalue weighted by molar-refractivity contribution is 0.416. The van der Waals surface area contributed by atoms with E-state index in [1.807, 2.05) is 0 Å². The highest BCUT2D eigenvalue weighted by atomic mass is 15.0. The van der Waals surface area contributed by atoms with Gasteiger partial charge in [-0.2, -0.15) is 0 Å². The van der Waals surface area contributed by atoms with Crippen molar-refractivity contribution in [1.29, 1.82) is 0 Å². The van der Waals surface area contributed by atoms with Crippen LogP contribution in [-0.4, -0.2) is 25.5 Å². The van der Waals surface area contributed by atoms with Crippen LogP contribution >= 0.6 is 0 Å². The third-order valence-corrected chi connectivity index (χ3v) is 1.36. The first-order valence-corrected chi connectivity index (χ1v) is 4.24. The van der Waals surface area contributed by atoms with Crippen LogP contribution in [0.15, 0.2) is 12.2 Å². The highest BCUT2D eigenvalue weighted by molar-refractivity contribution is 4.92. The first kappa shape index (κ1) is 10.7. The van der Waals surface area contributed by atoms with Gasteiger partial charge in [-0.3, -0.25) is 0 Å². The van der Waals surface area contributed by atoms with Crippen LogP contribution in [0.25, 0.3) is 0 Å². The molecule has 0 aliphatic rings. The van der Waals surface area contributed by atoms with E-state index >= 15 is 0 Å². The minimum atomic E-state index is 0.340. The lowest BCUT2D eigenvalue weighted by Gasteiger charge is -2.11. The van der Waals surface area contributed by atoms with Crippen molar-refractivity contribution in [2.45, 2.75) is 27.2 Å². The summed E-state index contributed by atoms with van der Waals surface area (Å²) in [6.07, 6.45) is 5.70. The molecule has 0 saturated carbocycles. The van der Waals surface area contributed by atoms with E-state index in [4.69, 9.17) is 0 Å². The summed E-state index contributed by atoms with van der Waals surface area (Å²) in [4.78, 5) is 2.20. The number of allylic oxidation sites excluding steroid dienone is 1. The topological polar surface area (TPSA) is 3.24 Å². The monoisotopic (exact) mass is 155 g/mol. The molecule has 0 aliphatic carbocycles. The largest absolute Gasteiger partial charge is 0.309 e. The van der Waals surface area contributed by atoms with Gasteiger partial charge in [0.25, 0.3) is 0 Å². The summed E-state index contributed by atoms with van der Waals surface area (Å²) < 4.78 is 0. The standard InChI is InChI=1S/C10H21N/c1-10(2,3)8-6-7-9-11(4)5/h6,8H,7,9H2,1-5H3/b8-6-. The minimum absolute atomic E-state index is 0.340. The van der Waals surface area contributed by atoms with Crippen LogP contribution in [0.1, 0.15) is 27.2 Å². The van der Waals surface area contributed by atoms with Crippen LogP contribution in [0.4, 0.5) is 0 Å². The third-order valence-electron chi connectivity index (χ3n) is 1.36. The Morgan fingerprint density at radius 1 is 1.18 bits per heavy atom. The Labute approximate surface area is 71.1 Å². The predicted molar refractivity (Wildman–Crippen MR) is 51.8 cm³/mol. The van der Waals surface area contributed by atoms with Gasteiger partial charge >= 0.3 is 0 Å². The molecule has 0 N–H and O–H groups in total. The summed E-state index contributed by atoms with van der Waals surface area (Å²) >= 11 is 0. The molecule has 0 rings (SSSR count). The molecular weight excluding hydrogens is 134 g/mol. The zero-order valence-corrected chi connectivity index (χ0v) is 8.52. The summed E-state index contributed by atoms with van der Waals surface area (Å²) in [5.41, 5.74) is 0.340. The number of nitrogens with zero attached hydrogens (tertiary/aromatic N) is 1. The van der Waals surface area contributed by atoms with Crippen molar-refractivity contribution in [2.75, 3.05) is 20.6 Å². The van der Waals surface area contributed by atoms with Gasteiger partial charge in [0.05, 0.1) is 0 Å². The van der Waals surface area contributed by atoms with E-state index in [2.05, 4.69) is 51.9 Å². The summed E-state index contributed by atoms with van der Waals surface area (Å²) in [5, 5.41) is 0. The molecule has 1 nitrogen and oxygen atoms in total. The Balaban J connectivity index is 3.46. The molecule has 0 aromatic heterocycles. The highest BCUT2D eigenvalue weighted by Gasteiger charge is 2.02. The molecule has 0 atom stereocenters. The van der Waals surface area contributed by atoms with Crippen LogP contribution in [-0.2, 0) is 0 Å². The van der Waals surface area contributed by atoms with Crippen molar-refractivity contribution >= 4 is 0 Å². The van der Waals surface area contributed by atoms with Crippen molar-refractivity contribution in [3.8, 4) is 0 Å². The molecule has 0 heterocycles. The Morgan fingerprint density at radius 2 is 1.73 bits per heavy atom. The fraction of sp³-hybridized carbons (Fsp3) is 0.800. The van der Waals surface area contributed by atoms with Gasteiger partial charge in [-0.25, -0.2) is 0 Å². The Kier molecular flexibility index (Phi) is 4.43. The fourth-order valence-corrected chi connectivity index (χ4v) is 0.770. The van der Waals surface area contributed by atoms with Gasteiger partial charge in [0, 0.05) is 6.54 Å². The normalized spacial score (nSPS) is 13.3. The van der Waals surface area contributed by atoms with Gasteiger partial charge in [-0.1, -0.05) is 32.9 Å². The van der Waals surface area contributed by atoms with Crippen molar-refractivity contribution in [3.63, 3.8) is 0 Å². The molecule has 0 amide bonds. The second-order valence-electron chi connectivity index (χ2n) is 4.36. The van der Waals surface area contributed by atoms with E-state index in [0.29, 0.717) is 5.41 Å². The molecule has 0 spiro atoms. The van der Waals surface area contributed by atoms with Crippen LogP contribution < -0.4 is 0 Å². The maximum absolute atomic E-state index is 2.27. The molecule has 0 saturated heterocycles. The van der Waals surface area contributed by atoms with Crippen molar-refractivity contribution in [1.82, 2.24) is 4.90 Å². The average molecular weight is 155 g/mol. The van der Waals surface area contributed by atoms with Gasteiger partial charge in [-0.15, -0.1) is 0 Å². The summed E-state index contributed by atoms with van der Waals surface area (Å²) in [6, 6.07) is 0. The Hall–Kier alpha value is -0.300. The minimum Gasteiger partial charge on any atom is -0.309 e. The van der Waals surface area contributed by atoms with Crippen LogP contribution in [0.5, 0.6) is 0 Å². The third kappa shape index (κ3) is 9.70. The molecule has 0 aromatic rings. The fourth-order valence-electron chi connectivity index (χ4n) is 0.770. The highest BCUT2D eigenvalue weighted by Crippen LogP contribution is 2.14. The molecule has 0 bridgehead atoms. The smallest absolute Gasteiger partial charge is 0.000981 e. The molecule has 11 heavy (non-hydrogen) atoms. The SMILES string of the molecule is CN(C)CC/C=C\C(C)(C)C. The maximum atomic E-state index is 2.27. The lowest BCUT2D eigenvalue weighted by atomic mass is 9.96. The molecule has 66 valence electrons. The van der Waals surface area contributed by atoms with E-state index in [1.165, 1.54) is 0 Å². The first-order chi connectivity index (χ1) is 4.92. The molecular formula is C10H21N. The first-order valence-electron chi connectivity index (χ1n) is 4.24. The van der Waals surface area contributed by atoms with E-state index in [0.717, 1.165) is 13.0 Å². The average Bonchev–Trinajstić information content (AvgIpc) is 1.78. The van der Waals surface area contributed by atoms with Crippen molar-refractivity contribution < 1.29 is 0 Å². The van der Waals surface area contributed by atoms with E-state index in [1.54, 1.807) is 0 Å². The van der Waals surface area contributed by atoms with Crippen LogP contribution in [0.2, 0.25) is 0 Å². The Bertz CT molecular complexity index is 117. The lowest BCUT2D eigenvalue weighted by Crippen LogP contribution is -2.12. The van der Waals surface area contributed by atoms with Crippen LogP contribution in [0.3, 0.4) is 0 Å². The second-order valence-corrected chi connectivity index (χ2v) is 4.36. The van der Waals surface area contributed by atoms with Gasteiger partial charge < -0.3 is 4.90 Å². The zero-order valence-electron chi connectivity index (χ0n) is 8.52. The molecule has 0 aromatic carbocycles.